The van der Waals surface area contributed by atoms with Crippen molar-refractivity contribution in [2.24, 2.45) is 5.92 Å². The van der Waals surface area contributed by atoms with Gasteiger partial charge in [-0.3, -0.25) is 4.79 Å². The Balaban J connectivity index is 1.82. The van der Waals surface area contributed by atoms with Crippen LogP contribution in [0.25, 0.3) is 0 Å². The van der Waals surface area contributed by atoms with Gasteiger partial charge in [0.2, 0.25) is 0 Å². The summed E-state index contributed by atoms with van der Waals surface area (Å²) in [6.45, 7) is 0.315. The van der Waals surface area contributed by atoms with E-state index in [1.54, 1.807) is 6.07 Å². The molecule has 0 saturated heterocycles. The van der Waals surface area contributed by atoms with Gasteiger partial charge in [-0.15, -0.1) is 0 Å². The second-order valence-corrected chi connectivity index (χ2v) is 5.37. The SMILES string of the molecule is O=C(O)CC(NC(=O)NCc1ccccc1Cl)C1CC1. The summed E-state index contributed by atoms with van der Waals surface area (Å²) in [6, 6.07) is 6.61. The molecule has 1 atom stereocenters. The minimum absolute atomic E-state index is 0.0375. The van der Waals surface area contributed by atoms with E-state index in [1.165, 1.54) is 0 Å². The van der Waals surface area contributed by atoms with Crippen LogP contribution in [0.1, 0.15) is 24.8 Å². The summed E-state index contributed by atoms with van der Waals surface area (Å²) in [5, 5.41) is 14.8. The second kappa shape index (κ2) is 6.61. The molecule has 1 fully saturated rings. The predicted molar refractivity (Wildman–Crippen MR) is 75.6 cm³/mol. The average Bonchev–Trinajstić information content (AvgIpc) is 3.21. The standard InChI is InChI=1S/C14H17ClN2O3/c15-11-4-2-1-3-10(11)8-16-14(20)17-12(7-13(18)19)9-5-6-9/h1-4,9,12H,5-8H2,(H,18,19)(H2,16,17,20). The molecule has 1 saturated carbocycles. The van der Waals surface area contributed by atoms with Gasteiger partial charge in [0.1, 0.15) is 0 Å². The molecular formula is C14H17ClN2O3. The van der Waals surface area contributed by atoms with Crippen LogP contribution in [0, 0.1) is 5.92 Å². The Morgan fingerprint density at radius 1 is 1.35 bits per heavy atom. The molecule has 0 aliphatic heterocycles. The summed E-state index contributed by atoms with van der Waals surface area (Å²) in [6.07, 6.45) is 1.91. The van der Waals surface area contributed by atoms with Crippen LogP contribution < -0.4 is 10.6 Å². The van der Waals surface area contributed by atoms with Crippen LogP contribution in [-0.2, 0) is 11.3 Å². The molecule has 0 heterocycles. The van der Waals surface area contributed by atoms with Crippen LogP contribution in [0.3, 0.4) is 0 Å². The maximum absolute atomic E-state index is 11.8. The lowest BCUT2D eigenvalue weighted by atomic mass is 10.1. The van der Waals surface area contributed by atoms with Gasteiger partial charge < -0.3 is 15.7 Å². The first-order valence-corrected chi connectivity index (χ1v) is 6.93. The third-order valence-corrected chi connectivity index (χ3v) is 3.67. The molecule has 0 spiro atoms. The van der Waals surface area contributed by atoms with Gasteiger partial charge in [0.05, 0.1) is 6.42 Å². The third-order valence-electron chi connectivity index (χ3n) is 3.30. The summed E-state index contributed by atoms with van der Waals surface area (Å²) in [4.78, 5) is 22.6. The van der Waals surface area contributed by atoms with Gasteiger partial charge in [0.15, 0.2) is 0 Å². The predicted octanol–water partition coefficient (Wildman–Crippen LogP) is 2.39. The highest BCUT2D eigenvalue weighted by atomic mass is 35.5. The van der Waals surface area contributed by atoms with Crippen molar-refractivity contribution in [3.8, 4) is 0 Å². The number of halogens is 1. The lowest BCUT2D eigenvalue weighted by Crippen LogP contribution is -2.43. The Hall–Kier alpha value is -1.75. The number of hydrogen-bond acceptors (Lipinski definition) is 2. The molecule has 6 heteroatoms. The monoisotopic (exact) mass is 296 g/mol. The lowest BCUT2D eigenvalue weighted by Gasteiger charge is -2.17. The van der Waals surface area contributed by atoms with E-state index in [4.69, 9.17) is 16.7 Å². The first kappa shape index (κ1) is 14.7. The number of hydrogen-bond donors (Lipinski definition) is 3. The van der Waals surface area contributed by atoms with E-state index in [0.717, 1.165) is 18.4 Å². The van der Waals surface area contributed by atoms with Gasteiger partial charge >= 0.3 is 12.0 Å². The first-order valence-electron chi connectivity index (χ1n) is 6.56. The Labute approximate surface area is 122 Å². The molecule has 0 bridgehead atoms. The van der Waals surface area contributed by atoms with Crippen molar-refractivity contribution in [3.05, 3.63) is 34.9 Å². The number of carbonyl (C=O) groups excluding carboxylic acids is 1. The van der Waals surface area contributed by atoms with Crippen LogP contribution in [0.4, 0.5) is 4.79 Å². The van der Waals surface area contributed by atoms with Crippen molar-refractivity contribution in [2.75, 3.05) is 0 Å². The lowest BCUT2D eigenvalue weighted by molar-refractivity contribution is -0.137. The number of rotatable bonds is 6. The molecule has 0 aromatic heterocycles. The minimum Gasteiger partial charge on any atom is -0.481 e. The van der Waals surface area contributed by atoms with E-state index in [0.29, 0.717) is 11.6 Å². The van der Waals surface area contributed by atoms with Gasteiger partial charge in [-0.2, -0.15) is 0 Å². The van der Waals surface area contributed by atoms with E-state index in [2.05, 4.69) is 10.6 Å². The molecule has 20 heavy (non-hydrogen) atoms. The van der Waals surface area contributed by atoms with Gasteiger partial charge in [-0.25, -0.2) is 4.79 Å². The Morgan fingerprint density at radius 3 is 2.65 bits per heavy atom. The number of carbonyl (C=O) groups is 2. The Kier molecular flexibility index (Phi) is 4.84. The van der Waals surface area contributed by atoms with Gasteiger partial charge in [0, 0.05) is 17.6 Å². The van der Waals surface area contributed by atoms with Crippen LogP contribution in [-0.4, -0.2) is 23.1 Å². The largest absolute Gasteiger partial charge is 0.481 e. The van der Waals surface area contributed by atoms with E-state index in [-0.39, 0.29) is 24.4 Å². The molecule has 1 aliphatic carbocycles. The molecule has 3 N–H and O–H groups in total. The topological polar surface area (TPSA) is 78.4 Å². The van der Waals surface area contributed by atoms with Gasteiger partial charge in [-0.1, -0.05) is 29.8 Å². The van der Waals surface area contributed by atoms with Crippen molar-refractivity contribution >= 4 is 23.6 Å². The minimum atomic E-state index is -0.895. The number of carboxylic acids is 1. The van der Waals surface area contributed by atoms with Crippen LogP contribution in [0.5, 0.6) is 0 Å². The molecule has 1 unspecified atom stereocenters. The zero-order valence-corrected chi connectivity index (χ0v) is 11.7. The molecule has 2 amide bonds. The summed E-state index contributed by atoms with van der Waals surface area (Å²) >= 11 is 5.99. The van der Waals surface area contributed by atoms with Crippen LogP contribution in [0.2, 0.25) is 5.02 Å². The maximum atomic E-state index is 11.8. The summed E-state index contributed by atoms with van der Waals surface area (Å²) < 4.78 is 0. The van der Waals surface area contributed by atoms with Gasteiger partial charge in [0.25, 0.3) is 0 Å². The summed E-state index contributed by atoms with van der Waals surface area (Å²) in [5.74, 6) is -0.606. The molecule has 1 aliphatic rings. The second-order valence-electron chi connectivity index (χ2n) is 4.96. The van der Waals surface area contributed by atoms with Crippen molar-refractivity contribution < 1.29 is 14.7 Å². The number of carboxylic acid groups (broad SMARTS) is 1. The highest BCUT2D eigenvalue weighted by Crippen LogP contribution is 2.33. The molecular weight excluding hydrogens is 280 g/mol. The summed E-state index contributed by atoms with van der Waals surface area (Å²) in [7, 11) is 0. The zero-order valence-electron chi connectivity index (χ0n) is 10.9. The molecule has 5 nitrogen and oxygen atoms in total. The quantitative estimate of drug-likeness (QED) is 0.754. The van der Waals surface area contributed by atoms with E-state index >= 15 is 0 Å². The average molecular weight is 297 g/mol. The number of nitrogens with one attached hydrogen (secondary N) is 2. The number of amides is 2. The zero-order chi connectivity index (χ0) is 14.5. The number of aliphatic carboxylic acids is 1. The summed E-state index contributed by atoms with van der Waals surface area (Å²) in [5.41, 5.74) is 0.825. The van der Waals surface area contributed by atoms with E-state index < -0.39 is 5.97 Å². The maximum Gasteiger partial charge on any atom is 0.315 e. The number of benzene rings is 1. The fraction of sp³-hybridized carbons (Fsp3) is 0.429. The van der Waals surface area contributed by atoms with Crippen molar-refractivity contribution in [1.82, 2.24) is 10.6 Å². The Bertz CT molecular complexity index is 503. The van der Waals surface area contributed by atoms with E-state index in [9.17, 15) is 9.59 Å². The van der Waals surface area contributed by atoms with E-state index in [1.807, 2.05) is 18.2 Å². The number of urea groups is 1. The molecule has 2 rings (SSSR count). The highest BCUT2D eigenvalue weighted by molar-refractivity contribution is 6.31. The molecule has 0 radical (unpaired) electrons. The smallest absolute Gasteiger partial charge is 0.315 e. The molecule has 108 valence electrons. The highest BCUT2D eigenvalue weighted by Gasteiger charge is 2.33. The Morgan fingerprint density at radius 2 is 2.05 bits per heavy atom. The normalized spacial score (nSPS) is 15.4. The van der Waals surface area contributed by atoms with Crippen molar-refractivity contribution in [3.63, 3.8) is 0 Å². The fourth-order valence-corrected chi connectivity index (χ4v) is 2.26. The van der Waals surface area contributed by atoms with Crippen LogP contribution in [0.15, 0.2) is 24.3 Å². The van der Waals surface area contributed by atoms with Gasteiger partial charge in [-0.05, 0) is 30.4 Å². The van der Waals surface area contributed by atoms with Crippen molar-refractivity contribution in [1.29, 1.82) is 0 Å². The molecule has 1 aromatic rings. The van der Waals surface area contributed by atoms with Crippen molar-refractivity contribution in [2.45, 2.75) is 31.8 Å². The third kappa shape index (κ3) is 4.42. The molecule has 1 aromatic carbocycles. The van der Waals surface area contributed by atoms with Crippen LogP contribution >= 0.6 is 11.6 Å². The first-order chi connectivity index (χ1) is 9.56. The fourth-order valence-electron chi connectivity index (χ4n) is 2.06.